The molecular weight excluding hydrogens is 384 g/mol. The van der Waals surface area contributed by atoms with Gasteiger partial charge in [0.15, 0.2) is 5.69 Å². The van der Waals surface area contributed by atoms with Gasteiger partial charge in [0.25, 0.3) is 5.91 Å². The molecule has 0 aliphatic carbocycles. The summed E-state index contributed by atoms with van der Waals surface area (Å²) in [7, 11) is 0. The van der Waals surface area contributed by atoms with Gasteiger partial charge < -0.3 is 15.1 Å². The number of furan rings is 1. The zero-order valence-corrected chi connectivity index (χ0v) is 16.5. The Balaban J connectivity index is 1.75. The van der Waals surface area contributed by atoms with Crippen LogP contribution in [0.25, 0.3) is 0 Å². The number of carbonyl (C=O) groups is 2. The Morgan fingerprint density at radius 3 is 2.79 bits per heavy atom. The Labute approximate surface area is 166 Å². The smallest absolute Gasteiger partial charge is 0.274 e. The number of carbonyl (C=O) groups excluding carboxylic acids is 2. The van der Waals surface area contributed by atoms with Gasteiger partial charge in [-0.1, -0.05) is 11.6 Å². The molecule has 3 aromatic heterocycles. The minimum Gasteiger partial charge on any atom is -0.467 e. The van der Waals surface area contributed by atoms with E-state index in [1.807, 2.05) is 6.92 Å². The Kier molecular flexibility index (Phi) is 5.84. The van der Waals surface area contributed by atoms with Crippen LogP contribution in [0.15, 0.2) is 35.2 Å². The lowest BCUT2D eigenvalue weighted by Crippen LogP contribution is -2.28. The molecule has 148 valence electrons. The fraction of sp³-hybridized carbons (Fsp3) is 0.333. The van der Waals surface area contributed by atoms with E-state index in [9.17, 15) is 9.59 Å². The van der Waals surface area contributed by atoms with E-state index >= 15 is 0 Å². The minimum atomic E-state index is -0.614. The lowest BCUT2D eigenvalue weighted by atomic mass is 10.2. The lowest BCUT2D eigenvalue weighted by Gasteiger charge is -2.14. The standard InChI is InChI=1S/C18H21ClN6O3/c1-4-24-10-15(16(23-24)18(27)20-8-13-6-5-7-28-13)22-17(26)12(3)25-11(2)14(19)9-21-25/h5-7,9-10,12H,4,8H2,1-3H3,(H,20,27)(H,22,26)/t12-/m1/s1. The van der Waals surface area contributed by atoms with Crippen molar-refractivity contribution in [3.8, 4) is 0 Å². The molecule has 2 N–H and O–H groups in total. The van der Waals surface area contributed by atoms with Crippen molar-refractivity contribution in [3.05, 3.63) is 53.0 Å². The molecule has 0 aliphatic rings. The van der Waals surface area contributed by atoms with Crippen LogP contribution in [0.2, 0.25) is 5.02 Å². The fourth-order valence-electron chi connectivity index (χ4n) is 2.65. The molecule has 28 heavy (non-hydrogen) atoms. The summed E-state index contributed by atoms with van der Waals surface area (Å²) >= 11 is 6.02. The maximum Gasteiger partial charge on any atom is 0.274 e. The van der Waals surface area contributed by atoms with Crippen LogP contribution < -0.4 is 10.6 Å². The van der Waals surface area contributed by atoms with Crippen LogP contribution in [0, 0.1) is 6.92 Å². The normalized spacial score (nSPS) is 12.0. The second-order valence-electron chi connectivity index (χ2n) is 6.20. The highest BCUT2D eigenvalue weighted by molar-refractivity contribution is 6.31. The second-order valence-corrected chi connectivity index (χ2v) is 6.60. The maximum atomic E-state index is 12.7. The van der Waals surface area contributed by atoms with Gasteiger partial charge in [-0.2, -0.15) is 10.2 Å². The minimum absolute atomic E-state index is 0.129. The van der Waals surface area contributed by atoms with Crippen LogP contribution in [0.1, 0.15) is 41.8 Å². The predicted octanol–water partition coefficient (Wildman–Crippen LogP) is 2.78. The molecule has 3 aromatic rings. The van der Waals surface area contributed by atoms with Crippen molar-refractivity contribution in [2.24, 2.45) is 0 Å². The molecule has 0 fully saturated rings. The van der Waals surface area contributed by atoms with E-state index in [2.05, 4.69) is 20.8 Å². The number of nitrogens with one attached hydrogen (secondary N) is 2. The van der Waals surface area contributed by atoms with E-state index in [-0.39, 0.29) is 18.1 Å². The molecule has 9 nitrogen and oxygen atoms in total. The monoisotopic (exact) mass is 404 g/mol. The largest absolute Gasteiger partial charge is 0.467 e. The van der Waals surface area contributed by atoms with Crippen molar-refractivity contribution in [1.82, 2.24) is 24.9 Å². The third-order valence-corrected chi connectivity index (χ3v) is 4.66. The van der Waals surface area contributed by atoms with Crippen molar-refractivity contribution in [2.75, 3.05) is 5.32 Å². The van der Waals surface area contributed by atoms with Gasteiger partial charge in [0, 0.05) is 12.7 Å². The average Bonchev–Trinajstić information content (AvgIpc) is 3.41. The Morgan fingerprint density at radius 1 is 1.39 bits per heavy atom. The summed E-state index contributed by atoms with van der Waals surface area (Å²) < 4.78 is 8.31. The summed E-state index contributed by atoms with van der Waals surface area (Å²) in [6, 6.07) is 2.88. The molecule has 1 atom stereocenters. The van der Waals surface area contributed by atoms with Gasteiger partial charge in [0.05, 0.1) is 35.4 Å². The molecule has 0 aliphatic heterocycles. The van der Waals surface area contributed by atoms with Gasteiger partial charge in [0.1, 0.15) is 11.8 Å². The molecule has 3 heterocycles. The number of hydrogen-bond acceptors (Lipinski definition) is 5. The Bertz CT molecular complexity index is 976. The van der Waals surface area contributed by atoms with Crippen molar-refractivity contribution in [2.45, 2.75) is 39.9 Å². The molecule has 0 spiro atoms. The van der Waals surface area contributed by atoms with Gasteiger partial charge >= 0.3 is 0 Å². The number of hydrogen-bond donors (Lipinski definition) is 2. The first-order valence-corrected chi connectivity index (χ1v) is 9.17. The van der Waals surface area contributed by atoms with E-state index in [4.69, 9.17) is 16.0 Å². The summed E-state index contributed by atoms with van der Waals surface area (Å²) in [5.74, 6) is -0.128. The average molecular weight is 405 g/mol. The fourth-order valence-corrected chi connectivity index (χ4v) is 2.78. The third kappa shape index (κ3) is 4.09. The van der Waals surface area contributed by atoms with E-state index < -0.39 is 11.9 Å². The van der Waals surface area contributed by atoms with Gasteiger partial charge in [-0.3, -0.25) is 19.0 Å². The lowest BCUT2D eigenvalue weighted by molar-refractivity contribution is -0.119. The van der Waals surface area contributed by atoms with Crippen LogP contribution in [0.3, 0.4) is 0 Å². The van der Waals surface area contributed by atoms with Crippen molar-refractivity contribution < 1.29 is 14.0 Å². The van der Waals surface area contributed by atoms with Crippen LogP contribution in [0.5, 0.6) is 0 Å². The summed E-state index contributed by atoms with van der Waals surface area (Å²) in [6.07, 6.45) is 4.64. The molecular formula is C18H21ClN6O3. The maximum absolute atomic E-state index is 12.7. The third-order valence-electron chi connectivity index (χ3n) is 4.29. The highest BCUT2D eigenvalue weighted by atomic mass is 35.5. The Hall–Kier alpha value is -3.07. The number of aromatic nitrogens is 4. The summed E-state index contributed by atoms with van der Waals surface area (Å²) in [6.45, 7) is 6.15. The first-order valence-electron chi connectivity index (χ1n) is 8.79. The molecule has 10 heteroatoms. The molecule has 3 rings (SSSR count). The molecule has 0 unspecified atom stereocenters. The van der Waals surface area contributed by atoms with Crippen molar-refractivity contribution in [3.63, 3.8) is 0 Å². The number of rotatable bonds is 7. The number of nitrogens with zero attached hydrogens (tertiary/aromatic N) is 4. The summed E-state index contributed by atoms with van der Waals surface area (Å²) in [4.78, 5) is 25.2. The van der Waals surface area contributed by atoms with Gasteiger partial charge in [-0.15, -0.1) is 0 Å². The predicted molar refractivity (Wildman–Crippen MR) is 103 cm³/mol. The molecule has 0 saturated heterocycles. The molecule has 2 amide bonds. The summed E-state index contributed by atoms with van der Waals surface area (Å²) in [5, 5.41) is 14.4. The second kappa shape index (κ2) is 8.30. The zero-order valence-electron chi connectivity index (χ0n) is 15.8. The van der Waals surface area contributed by atoms with E-state index in [0.717, 1.165) is 0 Å². The Morgan fingerprint density at radius 2 is 2.18 bits per heavy atom. The molecule has 0 aromatic carbocycles. The summed E-state index contributed by atoms with van der Waals surface area (Å²) in [5.41, 5.74) is 1.14. The first-order chi connectivity index (χ1) is 13.4. The van der Waals surface area contributed by atoms with E-state index in [1.165, 1.54) is 17.1 Å². The molecule has 0 saturated carbocycles. The van der Waals surface area contributed by atoms with Gasteiger partial charge in [-0.25, -0.2) is 0 Å². The van der Waals surface area contributed by atoms with Crippen LogP contribution >= 0.6 is 11.6 Å². The van der Waals surface area contributed by atoms with E-state index in [1.54, 1.807) is 36.9 Å². The molecule has 0 radical (unpaired) electrons. The molecule has 0 bridgehead atoms. The van der Waals surface area contributed by atoms with Crippen molar-refractivity contribution in [1.29, 1.82) is 0 Å². The zero-order chi connectivity index (χ0) is 20.3. The quantitative estimate of drug-likeness (QED) is 0.629. The SMILES string of the molecule is CCn1cc(NC(=O)[C@@H](C)n2ncc(Cl)c2C)c(C(=O)NCc2ccco2)n1. The highest BCUT2D eigenvalue weighted by Crippen LogP contribution is 2.20. The topological polar surface area (TPSA) is 107 Å². The van der Waals surface area contributed by atoms with Gasteiger partial charge in [0.2, 0.25) is 5.91 Å². The van der Waals surface area contributed by atoms with Crippen molar-refractivity contribution >= 4 is 29.1 Å². The van der Waals surface area contributed by atoms with E-state index in [0.29, 0.717) is 28.7 Å². The number of amides is 2. The van der Waals surface area contributed by atoms with Crippen LogP contribution in [-0.4, -0.2) is 31.4 Å². The first kappa shape index (κ1) is 19.7. The highest BCUT2D eigenvalue weighted by Gasteiger charge is 2.23. The number of halogens is 1. The number of aryl methyl sites for hydroxylation is 1. The van der Waals surface area contributed by atoms with Crippen LogP contribution in [0.4, 0.5) is 5.69 Å². The van der Waals surface area contributed by atoms with Crippen LogP contribution in [-0.2, 0) is 17.9 Å². The number of anilines is 1. The van der Waals surface area contributed by atoms with Gasteiger partial charge in [-0.05, 0) is 32.9 Å².